The minimum Gasteiger partial charge on any atom is -0.394 e. The molecule has 0 amide bonds. The maximum atomic E-state index is 11.9. The molecule has 10 heteroatoms. The first-order chi connectivity index (χ1) is 12.3. The fourth-order valence-electron chi connectivity index (χ4n) is 1.83. The first-order valence-electron chi connectivity index (χ1n) is 7.89. The standard InChI is InChI=1S/C12H16O7S.C4H8O2/c1-8-2-4-9(5-3-8)20(17,18)19-11(7-14)12(16)10(15)6-13;1-2-6-4-3-5-1/h2-5,7,10-13,15-16H,6H2,1H3;1-4H2. The van der Waals surface area contributed by atoms with E-state index in [1.165, 1.54) is 12.1 Å². The Morgan fingerprint density at radius 3 is 2.00 bits per heavy atom. The lowest BCUT2D eigenvalue weighted by Gasteiger charge is -2.21. The van der Waals surface area contributed by atoms with Crippen LogP contribution < -0.4 is 0 Å². The third-order valence-electron chi connectivity index (χ3n) is 3.34. The van der Waals surface area contributed by atoms with Crippen molar-refractivity contribution in [2.75, 3.05) is 33.0 Å². The molecule has 1 aromatic rings. The van der Waals surface area contributed by atoms with Gasteiger partial charge in [0.2, 0.25) is 0 Å². The van der Waals surface area contributed by atoms with Crippen LogP contribution in [0.5, 0.6) is 0 Å². The summed E-state index contributed by atoms with van der Waals surface area (Å²) in [5.74, 6) is 0. The van der Waals surface area contributed by atoms with Crippen molar-refractivity contribution in [1.29, 1.82) is 0 Å². The van der Waals surface area contributed by atoms with Gasteiger partial charge in [0, 0.05) is 0 Å². The van der Waals surface area contributed by atoms with E-state index in [1.54, 1.807) is 19.1 Å². The summed E-state index contributed by atoms with van der Waals surface area (Å²) in [6.45, 7) is 4.05. The van der Waals surface area contributed by atoms with Crippen LogP contribution in [0.3, 0.4) is 0 Å². The molecule has 0 saturated carbocycles. The number of ether oxygens (including phenoxy) is 2. The van der Waals surface area contributed by atoms with Gasteiger partial charge in [-0.1, -0.05) is 17.7 Å². The van der Waals surface area contributed by atoms with Crippen molar-refractivity contribution in [3.63, 3.8) is 0 Å². The SMILES string of the molecule is C1COCCO1.Cc1ccc(S(=O)(=O)OC(C=O)C(O)C(O)CO)cc1. The smallest absolute Gasteiger partial charge is 0.297 e. The van der Waals surface area contributed by atoms with Crippen LogP contribution >= 0.6 is 0 Å². The highest BCUT2D eigenvalue weighted by Crippen LogP contribution is 2.16. The van der Waals surface area contributed by atoms with Gasteiger partial charge >= 0.3 is 0 Å². The van der Waals surface area contributed by atoms with Gasteiger partial charge in [-0.05, 0) is 19.1 Å². The van der Waals surface area contributed by atoms with Crippen LogP contribution in [-0.2, 0) is 28.6 Å². The largest absolute Gasteiger partial charge is 0.394 e. The Kier molecular flexibility index (Phi) is 9.88. The molecule has 1 aliphatic rings. The number of hydrogen-bond acceptors (Lipinski definition) is 9. The lowest BCUT2D eigenvalue weighted by molar-refractivity contribution is -0.124. The van der Waals surface area contributed by atoms with Crippen molar-refractivity contribution >= 4 is 16.4 Å². The second-order valence-electron chi connectivity index (χ2n) is 5.43. The number of aldehydes is 1. The molecule has 0 aliphatic carbocycles. The molecule has 1 saturated heterocycles. The molecule has 1 aliphatic heterocycles. The highest BCUT2D eigenvalue weighted by Gasteiger charge is 2.31. The van der Waals surface area contributed by atoms with Gasteiger partial charge in [0.05, 0.1) is 37.9 Å². The number of carbonyl (C=O) groups is 1. The zero-order valence-corrected chi connectivity index (χ0v) is 15.2. The molecule has 0 aromatic heterocycles. The molecule has 148 valence electrons. The number of carbonyl (C=O) groups excluding carboxylic acids is 1. The van der Waals surface area contributed by atoms with Crippen LogP contribution in [0.2, 0.25) is 0 Å². The van der Waals surface area contributed by atoms with E-state index in [2.05, 4.69) is 4.18 Å². The van der Waals surface area contributed by atoms with Gasteiger partial charge in [0.25, 0.3) is 10.1 Å². The van der Waals surface area contributed by atoms with E-state index >= 15 is 0 Å². The van der Waals surface area contributed by atoms with Gasteiger partial charge < -0.3 is 29.6 Å². The summed E-state index contributed by atoms with van der Waals surface area (Å²) < 4.78 is 38.3. The first-order valence-corrected chi connectivity index (χ1v) is 9.30. The topological polar surface area (TPSA) is 140 Å². The summed E-state index contributed by atoms with van der Waals surface area (Å²) in [5.41, 5.74) is 0.839. The molecular formula is C16H24O9S. The summed E-state index contributed by atoms with van der Waals surface area (Å²) in [6.07, 6.45) is -5.28. The van der Waals surface area contributed by atoms with E-state index in [0.29, 0.717) is 0 Å². The summed E-state index contributed by atoms with van der Waals surface area (Å²) in [5, 5.41) is 27.4. The van der Waals surface area contributed by atoms with Crippen LogP contribution in [0.25, 0.3) is 0 Å². The lowest BCUT2D eigenvalue weighted by atomic mass is 10.1. The molecular weight excluding hydrogens is 368 g/mol. The van der Waals surface area contributed by atoms with Crippen molar-refractivity contribution in [3.05, 3.63) is 29.8 Å². The highest BCUT2D eigenvalue weighted by molar-refractivity contribution is 7.86. The van der Waals surface area contributed by atoms with Gasteiger partial charge in [-0.25, -0.2) is 0 Å². The van der Waals surface area contributed by atoms with Gasteiger partial charge in [0.15, 0.2) is 12.4 Å². The Balaban J connectivity index is 0.000000472. The molecule has 0 radical (unpaired) electrons. The van der Waals surface area contributed by atoms with Crippen molar-refractivity contribution in [2.24, 2.45) is 0 Å². The maximum Gasteiger partial charge on any atom is 0.297 e. The number of aliphatic hydroxyl groups excluding tert-OH is 3. The Hall–Kier alpha value is -1.40. The van der Waals surface area contributed by atoms with E-state index < -0.39 is 35.0 Å². The van der Waals surface area contributed by atoms with Crippen molar-refractivity contribution in [1.82, 2.24) is 0 Å². The predicted molar refractivity (Wildman–Crippen MR) is 90.0 cm³/mol. The second-order valence-corrected chi connectivity index (χ2v) is 7.00. The normalized spacial score (nSPS) is 18.2. The Morgan fingerprint density at radius 1 is 1.12 bits per heavy atom. The third-order valence-corrected chi connectivity index (χ3v) is 4.67. The molecule has 1 fully saturated rings. The Morgan fingerprint density at radius 2 is 1.62 bits per heavy atom. The fraction of sp³-hybridized carbons (Fsp3) is 0.562. The van der Waals surface area contributed by atoms with Crippen LogP contribution in [-0.4, -0.2) is 81.4 Å². The molecule has 0 spiro atoms. The molecule has 26 heavy (non-hydrogen) atoms. The minimum atomic E-state index is -4.26. The van der Waals surface area contributed by atoms with Crippen molar-refractivity contribution < 1.29 is 42.2 Å². The lowest BCUT2D eigenvalue weighted by Crippen LogP contribution is -2.42. The molecule has 9 nitrogen and oxygen atoms in total. The van der Waals surface area contributed by atoms with Gasteiger partial charge in [-0.15, -0.1) is 0 Å². The van der Waals surface area contributed by atoms with Crippen molar-refractivity contribution in [2.45, 2.75) is 30.1 Å². The monoisotopic (exact) mass is 392 g/mol. The molecule has 1 aromatic carbocycles. The predicted octanol–water partition coefficient (Wildman–Crippen LogP) is -0.985. The summed E-state index contributed by atoms with van der Waals surface area (Å²) >= 11 is 0. The second kappa shape index (κ2) is 11.3. The van der Waals surface area contributed by atoms with E-state index in [9.17, 15) is 23.4 Å². The Bertz CT molecular complexity index is 614. The average molecular weight is 392 g/mol. The van der Waals surface area contributed by atoms with E-state index in [1.807, 2.05) is 0 Å². The van der Waals surface area contributed by atoms with Crippen molar-refractivity contribution in [3.8, 4) is 0 Å². The number of rotatable bonds is 7. The van der Waals surface area contributed by atoms with Gasteiger partial charge in [0.1, 0.15) is 12.2 Å². The highest BCUT2D eigenvalue weighted by atomic mass is 32.2. The summed E-state index contributed by atoms with van der Waals surface area (Å²) in [7, 11) is -4.26. The first kappa shape index (κ1) is 22.6. The van der Waals surface area contributed by atoms with Crippen LogP contribution in [0.15, 0.2) is 29.2 Å². The number of benzene rings is 1. The van der Waals surface area contributed by atoms with Crippen LogP contribution in [0.4, 0.5) is 0 Å². The Labute approximate surface area is 152 Å². The fourth-order valence-corrected chi connectivity index (χ4v) is 2.87. The molecule has 3 atom stereocenters. The molecule has 2 rings (SSSR count). The third kappa shape index (κ3) is 7.46. The zero-order chi connectivity index (χ0) is 19.6. The van der Waals surface area contributed by atoms with E-state index in [-0.39, 0.29) is 11.2 Å². The van der Waals surface area contributed by atoms with Gasteiger partial charge in [-0.2, -0.15) is 8.42 Å². The van der Waals surface area contributed by atoms with E-state index in [4.69, 9.17) is 14.6 Å². The average Bonchev–Trinajstić information content (AvgIpc) is 2.67. The van der Waals surface area contributed by atoms with E-state index in [0.717, 1.165) is 32.0 Å². The molecule has 3 unspecified atom stereocenters. The number of hydrogen-bond donors (Lipinski definition) is 3. The zero-order valence-electron chi connectivity index (χ0n) is 14.4. The molecule has 0 bridgehead atoms. The molecule has 3 N–H and O–H groups in total. The quantitative estimate of drug-likeness (QED) is 0.394. The van der Waals surface area contributed by atoms with Crippen LogP contribution in [0.1, 0.15) is 5.56 Å². The summed E-state index contributed by atoms with van der Waals surface area (Å²) in [6, 6.07) is 5.68. The maximum absolute atomic E-state index is 11.9. The van der Waals surface area contributed by atoms with Gasteiger partial charge in [-0.3, -0.25) is 4.18 Å². The number of aryl methyl sites for hydroxylation is 1. The number of aliphatic hydroxyl groups is 3. The summed E-state index contributed by atoms with van der Waals surface area (Å²) in [4.78, 5) is 10.6. The molecule has 1 heterocycles. The van der Waals surface area contributed by atoms with Crippen LogP contribution in [0, 0.1) is 6.92 Å². The minimum absolute atomic E-state index is 0.0509.